The number of hydrogen-bond donors (Lipinski definition) is 3. The van der Waals surface area contributed by atoms with Crippen LogP contribution < -0.4 is 16.4 Å². The van der Waals surface area contributed by atoms with Gasteiger partial charge in [-0.15, -0.1) is 0 Å². The van der Waals surface area contributed by atoms with Crippen LogP contribution in [0.25, 0.3) is 0 Å². The fourth-order valence-electron chi connectivity index (χ4n) is 2.01. The van der Waals surface area contributed by atoms with Crippen molar-refractivity contribution in [1.29, 1.82) is 0 Å². The van der Waals surface area contributed by atoms with Crippen LogP contribution in [0.3, 0.4) is 0 Å². The Morgan fingerprint density at radius 1 is 1.50 bits per heavy atom. The van der Waals surface area contributed by atoms with E-state index in [0.29, 0.717) is 5.92 Å². The first kappa shape index (κ1) is 12.9. The van der Waals surface area contributed by atoms with Gasteiger partial charge in [-0.2, -0.15) is 0 Å². The van der Waals surface area contributed by atoms with Gasteiger partial charge < -0.3 is 16.0 Å². The summed E-state index contributed by atoms with van der Waals surface area (Å²) < 4.78 is 0. The van der Waals surface area contributed by atoms with Gasteiger partial charge in [0, 0.05) is 6.54 Å². The first-order valence-corrected chi connectivity index (χ1v) is 5.56. The zero-order valence-electron chi connectivity index (χ0n) is 9.66. The normalized spacial score (nSPS) is 21.7. The molecular weight excluding hydrogens is 208 g/mol. The van der Waals surface area contributed by atoms with E-state index >= 15 is 0 Å². The number of carbonyl (C=O) groups is 2. The number of primary amides is 1. The molecule has 0 spiro atoms. The van der Waals surface area contributed by atoms with E-state index in [9.17, 15) is 9.59 Å². The Morgan fingerprint density at radius 2 is 2.25 bits per heavy atom. The third kappa shape index (κ3) is 5.09. The fraction of sp³-hybridized carbons (Fsp3) is 0.800. The van der Waals surface area contributed by atoms with Crippen LogP contribution >= 0.6 is 0 Å². The topological polar surface area (TPSA) is 87.5 Å². The monoisotopic (exact) mass is 228 g/mol. The smallest absolute Gasteiger partial charge is 0.318 e. The van der Waals surface area contributed by atoms with Crippen LogP contribution in [0.2, 0.25) is 0 Å². The van der Waals surface area contributed by atoms with Crippen LogP contribution in [0, 0.1) is 5.92 Å². The maximum Gasteiger partial charge on any atom is 0.318 e. The Labute approximate surface area is 95.5 Å². The molecule has 0 aromatic heterocycles. The quantitative estimate of drug-likeness (QED) is 0.582. The van der Waals surface area contributed by atoms with E-state index in [2.05, 4.69) is 17.3 Å². The zero-order chi connectivity index (χ0) is 12.0. The molecule has 1 aliphatic heterocycles. The number of likely N-dealkylation sites (tertiary alicyclic amines) is 1. The molecule has 1 saturated heterocycles. The van der Waals surface area contributed by atoms with Gasteiger partial charge in [0.15, 0.2) is 0 Å². The van der Waals surface area contributed by atoms with Gasteiger partial charge in [-0.3, -0.25) is 10.1 Å². The van der Waals surface area contributed by atoms with Crippen molar-refractivity contribution in [2.24, 2.45) is 11.7 Å². The Balaban J connectivity index is 2.10. The summed E-state index contributed by atoms with van der Waals surface area (Å²) in [6.45, 7) is 3.16. The van der Waals surface area contributed by atoms with Crippen LogP contribution in [-0.4, -0.2) is 50.1 Å². The Bertz CT molecular complexity index is 257. The molecule has 16 heavy (non-hydrogen) atoms. The highest BCUT2D eigenvalue weighted by atomic mass is 16.2. The van der Waals surface area contributed by atoms with E-state index in [4.69, 9.17) is 5.73 Å². The average Bonchev–Trinajstić information content (AvgIpc) is 2.16. The second kappa shape index (κ2) is 6.44. The molecule has 0 bridgehead atoms. The van der Waals surface area contributed by atoms with Gasteiger partial charge in [-0.1, -0.05) is 0 Å². The number of amides is 3. The molecule has 4 N–H and O–H groups in total. The van der Waals surface area contributed by atoms with Crippen LogP contribution in [0.15, 0.2) is 0 Å². The molecule has 1 aliphatic rings. The van der Waals surface area contributed by atoms with Crippen molar-refractivity contribution < 1.29 is 9.59 Å². The van der Waals surface area contributed by atoms with Crippen LogP contribution in [-0.2, 0) is 4.79 Å². The van der Waals surface area contributed by atoms with E-state index in [0.717, 1.165) is 19.6 Å². The maximum atomic E-state index is 11.1. The van der Waals surface area contributed by atoms with E-state index in [1.807, 2.05) is 5.32 Å². The fourth-order valence-corrected chi connectivity index (χ4v) is 2.01. The summed E-state index contributed by atoms with van der Waals surface area (Å²) in [6.07, 6.45) is 2.39. The van der Waals surface area contributed by atoms with Crippen molar-refractivity contribution in [3.05, 3.63) is 0 Å². The maximum absolute atomic E-state index is 11.1. The molecule has 1 fully saturated rings. The summed E-state index contributed by atoms with van der Waals surface area (Å²) in [4.78, 5) is 23.7. The Kier molecular flexibility index (Phi) is 5.21. The van der Waals surface area contributed by atoms with Crippen molar-refractivity contribution >= 4 is 11.9 Å². The van der Waals surface area contributed by atoms with Crippen molar-refractivity contribution in [2.75, 3.05) is 33.2 Å². The van der Waals surface area contributed by atoms with Crippen LogP contribution in [0.1, 0.15) is 12.8 Å². The average molecular weight is 228 g/mol. The molecular formula is C10H20N4O2. The van der Waals surface area contributed by atoms with Crippen LogP contribution in [0.5, 0.6) is 0 Å². The van der Waals surface area contributed by atoms with Crippen molar-refractivity contribution in [1.82, 2.24) is 15.5 Å². The molecule has 1 unspecified atom stereocenters. The molecule has 6 nitrogen and oxygen atoms in total. The van der Waals surface area contributed by atoms with Gasteiger partial charge in [0.05, 0.1) is 6.54 Å². The molecule has 1 rings (SSSR count). The Hall–Kier alpha value is -1.14. The lowest BCUT2D eigenvalue weighted by atomic mass is 9.98. The second-order valence-corrected chi connectivity index (χ2v) is 4.31. The summed E-state index contributed by atoms with van der Waals surface area (Å²) in [5.74, 6) is 0.205. The summed E-state index contributed by atoms with van der Waals surface area (Å²) in [6, 6.07) is -0.802. The molecule has 0 radical (unpaired) electrons. The molecule has 0 aliphatic carbocycles. The predicted octanol–water partition coefficient (Wildman–Crippen LogP) is -0.887. The third-order valence-electron chi connectivity index (χ3n) is 2.70. The third-order valence-corrected chi connectivity index (χ3v) is 2.70. The minimum Gasteiger partial charge on any atom is -0.351 e. The van der Waals surface area contributed by atoms with Crippen molar-refractivity contribution in [3.63, 3.8) is 0 Å². The standard InChI is InChI=1S/C10H20N4O2/c1-14-4-2-3-8(7-14)5-12-6-9(15)13-10(11)16/h8,12H,2-7H2,1H3,(H3,11,13,15,16). The predicted molar refractivity (Wildman–Crippen MR) is 60.8 cm³/mol. The van der Waals surface area contributed by atoms with Gasteiger partial charge in [0.2, 0.25) is 5.91 Å². The summed E-state index contributed by atoms with van der Waals surface area (Å²) in [5.41, 5.74) is 4.82. The lowest BCUT2D eigenvalue weighted by Gasteiger charge is -2.29. The van der Waals surface area contributed by atoms with Gasteiger partial charge in [-0.05, 0) is 38.9 Å². The molecule has 0 aromatic carbocycles. The largest absolute Gasteiger partial charge is 0.351 e. The molecule has 3 amide bonds. The highest BCUT2D eigenvalue weighted by Gasteiger charge is 2.16. The van der Waals surface area contributed by atoms with E-state index in [1.165, 1.54) is 12.8 Å². The number of piperidine rings is 1. The first-order chi connectivity index (χ1) is 7.58. The summed E-state index contributed by atoms with van der Waals surface area (Å²) in [7, 11) is 2.10. The van der Waals surface area contributed by atoms with Gasteiger partial charge in [-0.25, -0.2) is 4.79 Å². The number of nitrogens with two attached hydrogens (primary N) is 1. The summed E-state index contributed by atoms with van der Waals surface area (Å²) in [5, 5.41) is 5.05. The second-order valence-electron chi connectivity index (χ2n) is 4.31. The summed E-state index contributed by atoms with van der Waals surface area (Å²) >= 11 is 0. The van der Waals surface area contributed by atoms with Gasteiger partial charge >= 0.3 is 6.03 Å². The van der Waals surface area contributed by atoms with Crippen LogP contribution in [0.4, 0.5) is 4.79 Å². The number of rotatable bonds is 4. The highest BCUT2D eigenvalue weighted by Crippen LogP contribution is 2.13. The zero-order valence-corrected chi connectivity index (χ0v) is 9.66. The molecule has 6 heteroatoms. The van der Waals surface area contributed by atoms with E-state index in [1.54, 1.807) is 0 Å². The molecule has 1 heterocycles. The minimum absolute atomic E-state index is 0.142. The van der Waals surface area contributed by atoms with E-state index in [-0.39, 0.29) is 12.5 Å². The molecule has 92 valence electrons. The minimum atomic E-state index is -0.802. The molecule has 1 atom stereocenters. The number of imide groups is 1. The number of hydrogen-bond acceptors (Lipinski definition) is 4. The highest BCUT2D eigenvalue weighted by molar-refractivity contribution is 5.94. The number of nitrogens with one attached hydrogen (secondary N) is 2. The lowest BCUT2D eigenvalue weighted by Crippen LogP contribution is -2.43. The van der Waals surface area contributed by atoms with Crippen molar-refractivity contribution in [2.45, 2.75) is 12.8 Å². The van der Waals surface area contributed by atoms with E-state index < -0.39 is 6.03 Å². The van der Waals surface area contributed by atoms with Crippen molar-refractivity contribution in [3.8, 4) is 0 Å². The lowest BCUT2D eigenvalue weighted by molar-refractivity contribution is -0.119. The van der Waals surface area contributed by atoms with Gasteiger partial charge in [0.1, 0.15) is 0 Å². The number of carbonyl (C=O) groups excluding carboxylic acids is 2. The Morgan fingerprint density at radius 3 is 2.88 bits per heavy atom. The first-order valence-electron chi connectivity index (χ1n) is 5.56. The number of urea groups is 1. The van der Waals surface area contributed by atoms with Gasteiger partial charge in [0.25, 0.3) is 0 Å². The SMILES string of the molecule is CN1CCCC(CNCC(=O)NC(N)=O)C1. The number of nitrogens with zero attached hydrogens (tertiary/aromatic N) is 1. The molecule has 0 aromatic rings. The molecule has 0 saturated carbocycles.